The molecule has 84 valence electrons. The second-order valence-corrected chi connectivity index (χ2v) is 4.16. The van der Waals surface area contributed by atoms with Crippen LogP contribution in [0, 0.1) is 5.92 Å². The monoisotopic (exact) mass is 218 g/mol. The average molecular weight is 218 g/mol. The minimum absolute atomic E-state index is 0.533. The topological polar surface area (TPSA) is 85.4 Å². The number of fused-ring (bicyclic) bond motifs is 1. The largest absolute Gasteiger partial charge is 0.330 e. The summed E-state index contributed by atoms with van der Waals surface area (Å²) in [4.78, 5) is 0. The molecule has 0 aliphatic carbocycles. The van der Waals surface area contributed by atoms with Crippen LogP contribution in [0.25, 0.3) is 11.5 Å². The van der Waals surface area contributed by atoms with Gasteiger partial charge in [-0.25, -0.2) is 0 Å². The molecule has 0 radical (unpaired) electrons. The Bertz CT molecular complexity index is 471. The number of aromatic nitrogens is 5. The van der Waals surface area contributed by atoms with Gasteiger partial charge in [-0.15, -0.1) is 10.2 Å². The van der Waals surface area contributed by atoms with Crippen molar-refractivity contribution in [1.82, 2.24) is 25.0 Å². The van der Waals surface area contributed by atoms with Crippen molar-refractivity contribution in [3.8, 4) is 11.5 Å². The third-order valence-corrected chi connectivity index (χ3v) is 3.12. The van der Waals surface area contributed by atoms with E-state index in [2.05, 4.69) is 25.0 Å². The molecule has 0 spiro atoms. The summed E-state index contributed by atoms with van der Waals surface area (Å²) >= 11 is 0. The fourth-order valence-corrected chi connectivity index (χ4v) is 2.17. The average Bonchev–Trinajstić information content (AvgIpc) is 2.96. The number of nitrogens with one attached hydrogen (secondary N) is 1. The van der Waals surface area contributed by atoms with Crippen LogP contribution in [0.3, 0.4) is 0 Å². The maximum atomic E-state index is 5.72. The van der Waals surface area contributed by atoms with E-state index in [1.54, 1.807) is 6.20 Å². The Morgan fingerprint density at radius 3 is 3.19 bits per heavy atom. The summed E-state index contributed by atoms with van der Waals surface area (Å²) in [6.45, 7) is 1.63. The van der Waals surface area contributed by atoms with Crippen LogP contribution in [0.2, 0.25) is 0 Å². The molecule has 0 aromatic carbocycles. The van der Waals surface area contributed by atoms with Crippen molar-refractivity contribution >= 4 is 0 Å². The van der Waals surface area contributed by atoms with Crippen molar-refractivity contribution < 1.29 is 0 Å². The van der Waals surface area contributed by atoms with Gasteiger partial charge in [0.1, 0.15) is 11.5 Å². The van der Waals surface area contributed by atoms with Crippen molar-refractivity contribution in [3.63, 3.8) is 0 Å². The molecular formula is C10H14N6. The lowest BCUT2D eigenvalue weighted by molar-refractivity contribution is 0.375. The zero-order chi connectivity index (χ0) is 11.0. The summed E-state index contributed by atoms with van der Waals surface area (Å²) < 4.78 is 2.15. The Hall–Kier alpha value is -1.69. The molecule has 0 fully saturated rings. The van der Waals surface area contributed by atoms with E-state index >= 15 is 0 Å². The SMILES string of the molecule is NCC1CCc2nnc(-c3ccn[nH]3)n2C1. The van der Waals surface area contributed by atoms with Crippen molar-refractivity contribution in [1.29, 1.82) is 0 Å². The van der Waals surface area contributed by atoms with Gasteiger partial charge in [-0.2, -0.15) is 5.10 Å². The highest BCUT2D eigenvalue weighted by atomic mass is 15.3. The summed E-state index contributed by atoms with van der Waals surface area (Å²) in [7, 11) is 0. The lowest BCUT2D eigenvalue weighted by Crippen LogP contribution is -2.26. The number of hydrogen-bond donors (Lipinski definition) is 2. The van der Waals surface area contributed by atoms with Crippen LogP contribution in [-0.2, 0) is 13.0 Å². The maximum absolute atomic E-state index is 5.72. The summed E-state index contributed by atoms with van der Waals surface area (Å²) in [6, 6.07) is 1.91. The van der Waals surface area contributed by atoms with Gasteiger partial charge >= 0.3 is 0 Å². The molecule has 0 amide bonds. The second kappa shape index (κ2) is 3.71. The van der Waals surface area contributed by atoms with Crippen LogP contribution in [0.15, 0.2) is 12.3 Å². The van der Waals surface area contributed by atoms with Gasteiger partial charge in [0, 0.05) is 19.2 Å². The van der Waals surface area contributed by atoms with Gasteiger partial charge in [0.15, 0.2) is 5.82 Å². The third-order valence-electron chi connectivity index (χ3n) is 3.12. The van der Waals surface area contributed by atoms with Gasteiger partial charge in [-0.3, -0.25) is 5.10 Å². The Labute approximate surface area is 92.9 Å². The summed E-state index contributed by atoms with van der Waals surface area (Å²) in [5.41, 5.74) is 6.64. The zero-order valence-corrected chi connectivity index (χ0v) is 8.93. The first-order valence-corrected chi connectivity index (χ1v) is 5.50. The van der Waals surface area contributed by atoms with Crippen LogP contribution < -0.4 is 5.73 Å². The van der Waals surface area contributed by atoms with Crippen LogP contribution in [-0.4, -0.2) is 31.5 Å². The number of nitrogens with zero attached hydrogens (tertiary/aromatic N) is 4. The van der Waals surface area contributed by atoms with E-state index in [0.29, 0.717) is 5.92 Å². The van der Waals surface area contributed by atoms with Gasteiger partial charge in [0.2, 0.25) is 0 Å². The van der Waals surface area contributed by atoms with E-state index in [9.17, 15) is 0 Å². The molecule has 2 aromatic rings. The van der Waals surface area contributed by atoms with Crippen molar-refractivity contribution in [2.75, 3.05) is 6.54 Å². The lowest BCUT2D eigenvalue weighted by atomic mass is 9.99. The van der Waals surface area contributed by atoms with E-state index < -0.39 is 0 Å². The first-order chi connectivity index (χ1) is 7.88. The Balaban J connectivity index is 2.00. The first kappa shape index (κ1) is 9.53. The van der Waals surface area contributed by atoms with E-state index in [-0.39, 0.29) is 0 Å². The first-order valence-electron chi connectivity index (χ1n) is 5.50. The van der Waals surface area contributed by atoms with Gasteiger partial charge in [0.05, 0.1) is 0 Å². The second-order valence-electron chi connectivity index (χ2n) is 4.16. The highest BCUT2D eigenvalue weighted by molar-refractivity contribution is 5.48. The summed E-state index contributed by atoms with van der Waals surface area (Å²) in [5.74, 6) is 2.45. The van der Waals surface area contributed by atoms with Crippen LogP contribution >= 0.6 is 0 Å². The molecule has 3 rings (SSSR count). The fraction of sp³-hybridized carbons (Fsp3) is 0.500. The molecule has 3 N–H and O–H groups in total. The molecule has 6 heteroatoms. The number of hydrogen-bond acceptors (Lipinski definition) is 4. The van der Waals surface area contributed by atoms with Crippen LogP contribution in [0.4, 0.5) is 0 Å². The predicted octanol–water partition coefficient (Wildman–Crippen LogP) is 0.189. The molecule has 6 nitrogen and oxygen atoms in total. The van der Waals surface area contributed by atoms with Gasteiger partial charge in [0.25, 0.3) is 0 Å². The molecule has 16 heavy (non-hydrogen) atoms. The summed E-state index contributed by atoms with van der Waals surface area (Å²) in [5, 5.41) is 15.3. The smallest absolute Gasteiger partial charge is 0.182 e. The number of aromatic amines is 1. The zero-order valence-electron chi connectivity index (χ0n) is 8.93. The van der Waals surface area contributed by atoms with Gasteiger partial charge in [-0.05, 0) is 24.9 Å². The predicted molar refractivity (Wildman–Crippen MR) is 58.5 cm³/mol. The van der Waals surface area contributed by atoms with Crippen molar-refractivity contribution in [3.05, 3.63) is 18.1 Å². The molecule has 1 atom stereocenters. The van der Waals surface area contributed by atoms with Gasteiger partial charge < -0.3 is 10.3 Å². The summed E-state index contributed by atoms with van der Waals surface area (Å²) in [6.07, 6.45) is 3.79. The number of aryl methyl sites for hydroxylation is 1. The highest BCUT2D eigenvalue weighted by Crippen LogP contribution is 2.23. The van der Waals surface area contributed by atoms with E-state index in [0.717, 1.165) is 43.3 Å². The fourth-order valence-electron chi connectivity index (χ4n) is 2.17. The van der Waals surface area contributed by atoms with E-state index in [4.69, 9.17) is 5.73 Å². The van der Waals surface area contributed by atoms with Crippen molar-refractivity contribution in [2.45, 2.75) is 19.4 Å². The number of H-pyrrole nitrogens is 1. The van der Waals surface area contributed by atoms with E-state index in [1.807, 2.05) is 6.07 Å². The molecule has 1 aliphatic rings. The van der Waals surface area contributed by atoms with Crippen LogP contribution in [0.5, 0.6) is 0 Å². The molecule has 2 aromatic heterocycles. The van der Waals surface area contributed by atoms with Crippen LogP contribution in [0.1, 0.15) is 12.2 Å². The molecule has 0 saturated carbocycles. The van der Waals surface area contributed by atoms with Crippen molar-refractivity contribution in [2.24, 2.45) is 11.7 Å². The number of nitrogens with two attached hydrogens (primary N) is 1. The highest BCUT2D eigenvalue weighted by Gasteiger charge is 2.22. The minimum Gasteiger partial charge on any atom is -0.330 e. The third kappa shape index (κ3) is 1.42. The minimum atomic E-state index is 0.533. The quantitative estimate of drug-likeness (QED) is 0.753. The Morgan fingerprint density at radius 2 is 2.44 bits per heavy atom. The standard InChI is InChI=1S/C10H14N6/c11-5-7-1-2-9-14-15-10(16(9)6-7)8-3-4-12-13-8/h3-4,7H,1-2,5-6,11H2,(H,12,13). The van der Waals surface area contributed by atoms with Gasteiger partial charge in [-0.1, -0.05) is 0 Å². The lowest BCUT2D eigenvalue weighted by Gasteiger charge is -2.22. The van der Waals surface area contributed by atoms with E-state index in [1.165, 1.54) is 0 Å². The molecule has 3 heterocycles. The number of rotatable bonds is 2. The normalized spacial score (nSPS) is 19.7. The molecule has 0 bridgehead atoms. The Kier molecular flexibility index (Phi) is 2.21. The maximum Gasteiger partial charge on any atom is 0.182 e. The molecular weight excluding hydrogens is 204 g/mol. The molecule has 1 aliphatic heterocycles. The molecule has 1 unspecified atom stereocenters. The molecule has 0 saturated heterocycles. The Morgan fingerprint density at radius 1 is 1.50 bits per heavy atom.